The number of ether oxygens (including phenoxy) is 1. The van der Waals surface area contributed by atoms with Gasteiger partial charge in [-0.3, -0.25) is 4.79 Å². The molecule has 0 aliphatic carbocycles. The average molecular weight is 387 g/mol. The molecule has 0 amide bonds. The number of rotatable bonds is 8. The molecule has 3 aromatic carbocycles. The lowest BCUT2D eigenvalue weighted by Gasteiger charge is -2.20. The minimum absolute atomic E-state index is 0.224. The van der Waals surface area contributed by atoms with Crippen LogP contribution in [0.1, 0.15) is 34.6 Å². The maximum atomic E-state index is 12.4. The fourth-order valence-corrected chi connectivity index (χ4v) is 3.17. The largest absolute Gasteiger partial charge is 0.454 e. The standard InChI is InChI=1S/C25H25NO3/c1-3-26(4-2)23-16-14-22(15-17-23)25(28)29-18-24(27)21-12-10-20(11-13-21)19-8-6-5-7-9-19/h5-17H,3-4,18H2,1-2H3. The van der Waals surface area contributed by atoms with E-state index in [1.165, 1.54) is 0 Å². The van der Waals surface area contributed by atoms with Crippen molar-refractivity contribution in [3.8, 4) is 11.1 Å². The number of esters is 1. The molecular formula is C25H25NO3. The third kappa shape index (κ3) is 5.11. The molecule has 0 saturated carbocycles. The third-order valence-corrected chi connectivity index (χ3v) is 4.88. The van der Waals surface area contributed by atoms with E-state index in [9.17, 15) is 9.59 Å². The molecule has 3 aromatic rings. The second-order valence-electron chi connectivity index (χ2n) is 6.66. The summed E-state index contributed by atoms with van der Waals surface area (Å²) in [5.74, 6) is -0.719. The molecule has 0 N–H and O–H groups in total. The molecule has 0 radical (unpaired) electrons. The minimum Gasteiger partial charge on any atom is -0.454 e. The van der Waals surface area contributed by atoms with E-state index in [0.29, 0.717) is 11.1 Å². The molecule has 3 rings (SSSR count). The number of hydrogen-bond acceptors (Lipinski definition) is 4. The molecule has 0 unspecified atom stereocenters. The van der Waals surface area contributed by atoms with Crippen molar-refractivity contribution in [2.24, 2.45) is 0 Å². The molecule has 29 heavy (non-hydrogen) atoms. The number of anilines is 1. The SMILES string of the molecule is CCN(CC)c1ccc(C(=O)OCC(=O)c2ccc(-c3ccccc3)cc2)cc1. The summed E-state index contributed by atoms with van der Waals surface area (Å²) in [7, 11) is 0. The highest BCUT2D eigenvalue weighted by Crippen LogP contribution is 2.20. The van der Waals surface area contributed by atoms with Crippen molar-refractivity contribution in [2.45, 2.75) is 13.8 Å². The lowest BCUT2D eigenvalue weighted by molar-refractivity contribution is 0.0475. The average Bonchev–Trinajstić information content (AvgIpc) is 2.79. The molecular weight excluding hydrogens is 362 g/mol. The molecule has 0 saturated heterocycles. The van der Waals surface area contributed by atoms with Gasteiger partial charge in [0.2, 0.25) is 0 Å². The van der Waals surface area contributed by atoms with Gasteiger partial charge < -0.3 is 9.64 Å². The van der Waals surface area contributed by atoms with Crippen molar-refractivity contribution in [1.82, 2.24) is 0 Å². The first-order chi connectivity index (χ1) is 14.1. The second-order valence-corrected chi connectivity index (χ2v) is 6.66. The number of carbonyl (C=O) groups excluding carboxylic acids is 2. The van der Waals surface area contributed by atoms with E-state index in [1.807, 2.05) is 54.6 Å². The first-order valence-electron chi connectivity index (χ1n) is 9.83. The smallest absolute Gasteiger partial charge is 0.338 e. The van der Waals surface area contributed by atoms with E-state index in [1.54, 1.807) is 24.3 Å². The van der Waals surface area contributed by atoms with Crippen LogP contribution >= 0.6 is 0 Å². The molecule has 0 atom stereocenters. The van der Waals surface area contributed by atoms with E-state index in [0.717, 1.165) is 29.9 Å². The highest BCUT2D eigenvalue weighted by molar-refractivity contribution is 5.99. The summed E-state index contributed by atoms with van der Waals surface area (Å²) < 4.78 is 5.21. The summed E-state index contributed by atoms with van der Waals surface area (Å²) in [6.45, 7) is 5.70. The van der Waals surface area contributed by atoms with Crippen LogP contribution in [0.3, 0.4) is 0 Å². The molecule has 4 heteroatoms. The van der Waals surface area contributed by atoms with Crippen molar-refractivity contribution >= 4 is 17.4 Å². The maximum absolute atomic E-state index is 12.4. The normalized spacial score (nSPS) is 10.4. The van der Waals surface area contributed by atoms with Crippen LogP contribution in [0.5, 0.6) is 0 Å². The van der Waals surface area contributed by atoms with Gasteiger partial charge in [0.05, 0.1) is 5.56 Å². The van der Waals surface area contributed by atoms with Gasteiger partial charge in [-0.2, -0.15) is 0 Å². The molecule has 0 spiro atoms. The van der Waals surface area contributed by atoms with Crippen LogP contribution in [-0.2, 0) is 4.74 Å². The summed E-state index contributed by atoms with van der Waals surface area (Å²) in [6.07, 6.45) is 0. The lowest BCUT2D eigenvalue weighted by atomic mass is 10.0. The summed E-state index contributed by atoms with van der Waals surface area (Å²) >= 11 is 0. The summed E-state index contributed by atoms with van der Waals surface area (Å²) in [4.78, 5) is 26.8. The Morgan fingerprint density at radius 1 is 0.724 bits per heavy atom. The lowest BCUT2D eigenvalue weighted by Crippen LogP contribution is -2.21. The molecule has 0 fully saturated rings. The predicted octanol–water partition coefficient (Wildman–Crippen LogP) is 5.24. The van der Waals surface area contributed by atoms with Crippen LogP contribution in [0, 0.1) is 0 Å². The van der Waals surface area contributed by atoms with Gasteiger partial charge in [-0.25, -0.2) is 4.79 Å². The van der Waals surface area contributed by atoms with Crippen LogP contribution in [0.15, 0.2) is 78.9 Å². The third-order valence-electron chi connectivity index (χ3n) is 4.88. The molecule has 0 aliphatic heterocycles. The van der Waals surface area contributed by atoms with Gasteiger partial charge in [-0.15, -0.1) is 0 Å². The highest BCUT2D eigenvalue weighted by Gasteiger charge is 2.13. The van der Waals surface area contributed by atoms with Crippen LogP contribution in [0.4, 0.5) is 5.69 Å². The number of Topliss-reactive ketones (excluding diaryl/α,β-unsaturated/α-hetero) is 1. The van der Waals surface area contributed by atoms with E-state index in [-0.39, 0.29) is 12.4 Å². The summed E-state index contributed by atoms with van der Waals surface area (Å²) in [6, 6.07) is 24.5. The monoisotopic (exact) mass is 387 g/mol. The zero-order chi connectivity index (χ0) is 20.6. The van der Waals surface area contributed by atoms with Crippen LogP contribution in [0.2, 0.25) is 0 Å². The van der Waals surface area contributed by atoms with Crippen molar-refractivity contribution in [3.63, 3.8) is 0 Å². The summed E-state index contributed by atoms with van der Waals surface area (Å²) in [5.41, 5.74) is 4.14. The number of carbonyl (C=O) groups is 2. The van der Waals surface area contributed by atoms with Crippen molar-refractivity contribution in [2.75, 3.05) is 24.6 Å². The number of ketones is 1. The fraction of sp³-hybridized carbons (Fsp3) is 0.200. The van der Waals surface area contributed by atoms with Crippen molar-refractivity contribution < 1.29 is 14.3 Å². The van der Waals surface area contributed by atoms with E-state index in [4.69, 9.17) is 4.74 Å². The van der Waals surface area contributed by atoms with Gasteiger partial charge in [0, 0.05) is 24.3 Å². The van der Waals surface area contributed by atoms with Crippen LogP contribution in [-0.4, -0.2) is 31.4 Å². The topological polar surface area (TPSA) is 46.6 Å². The van der Waals surface area contributed by atoms with E-state index in [2.05, 4.69) is 18.7 Å². The predicted molar refractivity (Wildman–Crippen MR) is 116 cm³/mol. The zero-order valence-electron chi connectivity index (χ0n) is 16.8. The zero-order valence-corrected chi connectivity index (χ0v) is 16.8. The number of nitrogens with zero attached hydrogens (tertiary/aromatic N) is 1. The van der Waals surface area contributed by atoms with Gasteiger partial charge >= 0.3 is 5.97 Å². The van der Waals surface area contributed by atoms with E-state index < -0.39 is 5.97 Å². The molecule has 0 aromatic heterocycles. The Morgan fingerprint density at radius 3 is 1.86 bits per heavy atom. The Kier molecular flexibility index (Phi) is 6.80. The van der Waals surface area contributed by atoms with Gasteiger partial charge in [-0.05, 0) is 49.2 Å². The molecule has 148 valence electrons. The molecule has 0 heterocycles. The quantitative estimate of drug-likeness (QED) is 0.392. The van der Waals surface area contributed by atoms with Crippen molar-refractivity contribution in [3.05, 3.63) is 90.0 Å². The first kappa shape index (κ1) is 20.3. The molecule has 0 bridgehead atoms. The molecule has 4 nitrogen and oxygen atoms in total. The second kappa shape index (κ2) is 9.69. The summed E-state index contributed by atoms with van der Waals surface area (Å²) in [5, 5.41) is 0. The van der Waals surface area contributed by atoms with Crippen LogP contribution in [0.25, 0.3) is 11.1 Å². The maximum Gasteiger partial charge on any atom is 0.338 e. The number of benzene rings is 3. The Morgan fingerprint density at radius 2 is 1.28 bits per heavy atom. The Labute approximate surface area is 171 Å². The number of hydrogen-bond donors (Lipinski definition) is 0. The van der Waals surface area contributed by atoms with Crippen molar-refractivity contribution in [1.29, 1.82) is 0 Å². The Hall–Kier alpha value is -3.40. The Bertz CT molecular complexity index is 944. The van der Waals surface area contributed by atoms with Crippen LogP contribution < -0.4 is 4.90 Å². The van der Waals surface area contributed by atoms with Gasteiger partial charge in [0.25, 0.3) is 0 Å². The highest BCUT2D eigenvalue weighted by atomic mass is 16.5. The van der Waals surface area contributed by atoms with Gasteiger partial charge in [0.15, 0.2) is 12.4 Å². The van der Waals surface area contributed by atoms with E-state index >= 15 is 0 Å². The van der Waals surface area contributed by atoms with Gasteiger partial charge in [0.1, 0.15) is 0 Å². The minimum atomic E-state index is -0.495. The first-order valence-corrected chi connectivity index (χ1v) is 9.83. The molecule has 0 aliphatic rings. The van der Waals surface area contributed by atoms with Gasteiger partial charge in [-0.1, -0.05) is 54.6 Å². The Balaban J connectivity index is 1.58. The fourth-order valence-electron chi connectivity index (χ4n) is 3.17.